The molecule has 3 N–H and O–H groups in total. The van der Waals surface area contributed by atoms with Crippen LogP contribution in [0.25, 0.3) is 0 Å². The van der Waals surface area contributed by atoms with Crippen molar-refractivity contribution < 1.29 is 9.53 Å². The van der Waals surface area contributed by atoms with Crippen LogP contribution in [0.3, 0.4) is 0 Å². The number of thiocarbonyl (C=S) groups is 1. The summed E-state index contributed by atoms with van der Waals surface area (Å²) in [5.41, 5.74) is 5.80. The summed E-state index contributed by atoms with van der Waals surface area (Å²) in [5.74, 6) is 0.253. The van der Waals surface area contributed by atoms with E-state index in [9.17, 15) is 4.79 Å². The van der Waals surface area contributed by atoms with Crippen molar-refractivity contribution in [2.45, 2.75) is 38.1 Å². The highest BCUT2D eigenvalue weighted by Gasteiger charge is 2.15. The third-order valence-electron chi connectivity index (χ3n) is 3.58. The van der Waals surface area contributed by atoms with Crippen molar-refractivity contribution in [3.8, 4) is 5.75 Å². The lowest BCUT2D eigenvalue weighted by Crippen LogP contribution is -2.50. The smallest absolute Gasteiger partial charge is 0.273 e. The summed E-state index contributed by atoms with van der Waals surface area (Å²) in [6.45, 7) is 0. The Labute approximate surface area is 130 Å². The SMILES string of the molecule is COc1ccccc1C(=O)NNC(=S)NC1CCCCC1. The van der Waals surface area contributed by atoms with Gasteiger partial charge in [-0.2, -0.15) is 0 Å². The Bertz CT molecular complexity index is 501. The van der Waals surface area contributed by atoms with Gasteiger partial charge < -0.3 is 10.1 Å². The zero-order valence-corrected chi connectivity index (χ0v) is 13.0. The zero-order chi connectivity index (χ0) is 15.1. The van der Waals surface area contributed by atoms with E-state index in [0.29, 0.717) is 22.5 Å². The third-order valence-corrected chi connectivity index (χ3v) is 3.80. The van der Waals surface area contributed by atoms with Crippen molar-refractivity contribution in [3.05, 3.63) is 29.8 Å². The van der Waals surface area contributed by atoms with Gasteiger partial charge in [0.05, 0.1) is 12.7 Å². The molecule has 0 spiro atoms. The molecule has 5 nitrogen and oxygen atoms in total. The standard InChI is InChI=1S/C15H21N3O2S/c1-20-13-10-6-5-9-12(13)14(19)17-18-15(21)16-11-7-3-2-4-8-11/h5-6,9-11H,2-4,7-8H2,1H3,(H,17,19)(H2,16,18,21). The number of ether oxygens (including phenoxy) is 1. The van der Waals surface area contributed by atoms with E-state index in [4.69, 9.17) is 17.0 Å². The molecule has 0 saturated heterocycles. The molecule has 1 aromatic carbocycles. The first kappa shape index (κ1) is 15.6. The number of carbonyl (C=O) groups excluding carboxylic acids is 1. The fourth-order valence-electron chi connectivity index (χ4n) is 2.48. The summed E-state index contributed by atoms with van der Waals surface area (Å²) < 4.78 is 5.16. The summed E-state index contributed by atoms with van der Waals surface area (Å²) in [6.07, 6.45) is 6.01. The van der Waals surface area contributed by atoms with Crippen molar-refractivity contribution in [1.82, 2.24) is 16.2 Å². The van der Waals surface area contributed by atoms with Crippen LogP contribution >= 0.6 is 12.2 Å². The van der Waals surface area contributed by atoms with Gasteiger partial charge in [-0.3, -0.25) is 15.6 Å². The maximum absolute atomic E-state index is 12.1. The fraction of sp³-hybridized carbons (Fsp3) is 0.467. The van der Waals surface area contributed by atoms with E-state index in [1.807, 2.05) is 6.07 Å². The molecule has 0 unspecified atom stereocenters. The highest BCUT2D eigenvalue weighted by molar-refractivity contribution is 7.80. The van der Waals surface area contributed by atoms with Crippen LogP contribution in [-0.2, 0) is 0 Å². The molecule has 1 amide bonds. The van der Waals surface area contributed by atoms with Crippen LogP contribution in [0.5, 0.6) is 5.75 Å². The minimum absolute atomic E-state index is 0.278. The lowest BCUT2D eigenvalue weighted by Gasteiger charge is -2.24. The second kappa shape index (κ2) is 7.83. The first-order valence-corrected chi connectivity index (χ1v) is 7.61. The highest BCUT2D eigenvalue weighted by Crippen LogP contribution is 2.17. The van der Waals surface area contributed by atoms with E-state index in [2.05, 4.69) is 16.2 Å². The van der Waals surface area contributed by atoms with Gasteiger partial charge in [0.15, 0.2) is 5.11 Å². The van der Waals surface area contributed by atoms with E-state index in [-0.39, 0.29) is 5.91 Å². The molecule has 1 aromatic rings. The Morgan fingerprint density at radius 2 is 1.90 bits per heavy atom. The second-order valence-electron chi connectivity index (χ2n) is 5.09. The Morgan fingerprint density at radius 3 is 2.62 bits per heavy atom. The number of hydrazine groups is 1. The predicted octanol–water partition coefficient (Wildman–Crippen LogP) is 2.14. The van der Waals surface area contributed by atoms with Gasteiger partial charge in [-0.25, -0.2) is 0 Å². The Balaban J connectivity index is 1.81. The number of benzene rings is 1. The van der Waals surface area contributed by atoms with Gasteiger partial charge in [-0.15, -0.1) is 0 Å². The van der Waals surface area contributed by atoms with Gasteiger partial charge in [-0.1, -0.05) is 31.4 Å². The molecule has 2 rings (SSSR count). The summed E-state index contributed by atoms with van der Waals surface area (Å²) in [4.78, 5) is 12.1. The van der Waals surface area contributed by atoms with Crippen LogP contribution in [0.15, 0.2) is 24.3 Å². The van der Waals surface area contributed by atoms with Gasteiger partial charge in [0.2, 0.25) is 0 Å². The van der Waals surface area contributed by atoms with Crippen molar-refractivity contribution in [2.75, 3.05) is 7.11 Å². The van der Waals surface area contributed by atoms with Gasteiger partial charge in [0.25, 0.3) is 5.91 Å². The number of rotatable bonds is 3. The lowest BCUT2D eigenvalue weighted by molar-refractivity contribution is 0.0940. The molecule has 6 heteroatoms. The summed E-state index contributed by atoms with van der Waals surface area (Å²) >= 11 is 5.20. The average molecular weight is 307 g/mol. The van der Waals surface area contributed by atoms with E-state index < -0.39 is 0 Å². The first-order valence-electron chi connectivity index (χ1n) is 7.20. The van der Waals surface area contributed by atoms with Crippen molar-refractivity contribution in [3.63, 3.8) is 0 Å². The quantitative estimate of drug-likeness (QED) is 0.590. The number of hydrogen-bond donors (Lipinski definition) is 3. The normalized spacial score (nSPS) is 15.1. The molecule has 1 fully saturated rings. The third kappa shape index (κ3) is 4.60. The molecule has 0 heterocycles. The Hall–Kier alpha value is -1.82. The fourth-order valence-corrected chi connectivity index (χ4v) is 2.70. The molecule has 1 aliphatic rings. The number of hydrogen-bond acceptors (Lipinski definition) is 3. The maximum Gasteiger partial charge on any atom is 0.273 e. The molecule has 0 atom stereocenters. The zero-order valence-electron chi connectivity index (χ0n) is 12.1. The monoisotopic (exact) mass is 307 g/mol. The molecule has 0 aliphatic heterocycles. The minimum atomic E-state index is -0.278. The molecule has 114 valence electrons. The number of methoxy groups -OCH3 is 1. The van der Waals surface area contributed by atoms with Crippen LogP contribution in [0.4, 0.5) is 0 Å². The van der Waals surface area contributed by atoms with Crippen LogP contribution in [0.1, 0.15) is 42.5 Å². The van der Waals surface area contributed by atoms with Crippen LogP contribution < -0.4 is 20.9 Å². The van der Waals surface area contributed by atoms with Gasteiger partial charge in [0, 0.05) is 6.04 Å². The van der Waals surface area contributed by atoms with E-state index in [1.54, 1.807) is 18.2 Å². The van der Waals surface area contributed by atoms with Crippen LogP contribution in [-0.4, -0.2) is 24.2 Å². The topological polar surface area (TPSA) is 62.4 Å². The van der Waals surface area contributed by atoms with Crippen LogP contribution in [0, 0.1) is 0 Å². The Morgan fingerprint density at radius 1 is 1.19 bits per heavy atom. The van der Waals surface area contributed by atoms with E-state index in [1.165, 1.54) is 26.4 Å². The largest absolute Gasteiger partial charge is 0.496 e. The summed E-state index contributed by atoms with van der Waals surface area (Å²) in [5, 5.41) is 3.68. The van der Waals surface area contributed by atoms with Gasteiger partial charge in [-0.05, 0) is 37.2 Å². The molecular formula is C15H21N3O2S. The summed E-state index contributed by atoms with van der Waals surface area (Å²) in [6, 6.07) is 7.46. The molecule has 0 aromatic heterocycles. The molecule has 0 radical (unpaired) electrons. The number of carbonyl (C=O) groups is 1. The van der Waals surface area contributed by atoms with Crippen LogP contribution in [0.2, 0.25) is 0 Å². The molecule has 21 heavy (non-hydrogen) atoms. The average Bonchev–Trinajstić information content (AvgIpc) is 2.53. The predicted molar refractivity (Wildman–Crippen MR) is 86.2 cm³/mol. The molecule has 0 bridgehead atoms. The van der Waals surface area contributed by atoms with Crippen molar-refractivity contribution in [1.29, 1.82) is 0 Å². The number of amides is 1. The Kier molecular flexibility index (Phi) is 5.80. The molecular weight excluding hydrogens is 286 g/mol. The second-order valence-corrected chi connectivity index (χ2v) is 5.50. The maximum atomic E-state index is 12.1. The summed E-state index contributed by atoms with van der Waals surface area (Å²) in [7, 11) is 1.54. The van der Waals surface area contributed by atoms with Crippen molar-refractivity contribution >= 4 is 23.2 Å². The number of nitrogens with one attached hydrogen (secondary N) is 3. The minimum Gasteiger partial charge on any atom is -0.496 e. The first-order chi connectivity index (χ1) is 10.2. The van der Waals surface area contributed by atoms with E-state index in [0.717, 1.165) is 12.8 Å². The van der Waals surface area contributed by atoms with Gasteiger partial charge in [0.1, 0.15) is 5.75 Å². The lowest BCUT2D eigenvalue weighted by atomic mass is 9.96. The number of para-hydroxylation sites is 1. The van der Waals surface area contributed by atoms with Gasteiger partial charge >= 0.3 is 0 Å². The highest BCUT2D eigenvalue weighted by atomic mass is 32.1. The van der Waals surface area contributed by atoms with E-state index >= 15 is 0 Å². The molecule has 1 saturated carbocycles. The van der Waals surface area contributed by atoms with Crippen molar-refractivity contribution in [2.24, 2.45) is 0 Å². The molecule has 1 aliphatic carbocycles.